The first-order valence-corrected chi connectivity index (χ1v) is 3.52. The van der Waals surface area contributed by atoms with E-state index in [1.54, 1.807) is 0 Å². The molecule has 0 saturated heterocycles. The third-order valence-electron chi connectivity index (χ3n) is 1.48. The van der Waals surface area contributed by atoms with Crippen molar-refractivity contribution < 1.29 is 5.11 Å². The van der Waals surface area contributed by atoms with Crippen LogP contribution in [0.4, 0.5) is 0 Å². The monoisotopic (exact) mass is 140 g/mol. The summed E-state index contributed by atoms with van der Waals surface area (Å²) in [5, 5.41) is 8.66. The number of hydrogen-bond acceptors (Lipinski definition) is 1. The van der Waals surface area contributed by atoms with Crippen molar-refractivity contribution in [3.05, 3.63) is 23.3 Å². The first-order chi connectivity index (χ1) is 4.59. The first-order valence-electron chi connectivity index (χ1n) is 3.52. The van der Waals surface area contributed by atoms with Crippen LogP contribution in [-0.4, -0.2) is 11.7 Å². The predicted molar refractivity (Wildman–Crippen MR) is 44.9 cm³/mol. The van der Waals surface area contributed by atoms with Gasteiger partial charge in [0.25, 0.3) is 0 Å². The van der Waals surface area contributed by atoms with Crippen LogP contribution in [-0.2, 0) is 0 Å². The molecule has 10 heavy (non-hydrogen) atoms. The maximum atomic E-state index is 8.66. The van der Waals surface area contributed by atoms with Gasteiger partial charge in [0.2, 0.25) is 0 Å². The van der Waals surface area contributed by atoms with Crippen LogP contribution < -0.4 is 0 Å². The smallest absolute Gasteiger partial charge is 0.0471 e. The molecular weight excluding hydrogens is 124 g/mol. The Morgan fingerprint density at radius 1 is 1.30 bits per heavy atom. The van der Waals surface area contributed by atoms with Crippen molar-refractivity contribution in [2.75, 3.05) is 6.61 Å². The molecule has 58 valence electrons. The van der Waals surface area contributed by atoms with Gasteiger partial charge in [0.05, 0.1) is 0 Å². The molecule has 0 unspecified atom stereocenters. The lowest BCUT2D eigenvalue weighted by molar-refractivity contribution is 0.299. The summed E-state index contributed by atoms with van der Waals surface area (Å²) in [5.41, 5.74) is 3.51. The van der Waals surface area contributed by atoms with Gasteiger partial charge in [-0.1, -0.05) is 17.7 Å². The van der Waals surface area contributed by atoms with Gasteiger partial charge in [-0.3, -0.25) is 0 Å². The van der Waals surface area contributed by atoms with Gasteiger partial charge in [-0.25, -0.2) is 0 Å². The van der Waals surface area contributed by atoms with E-state index in [4.69, 9.17) is 5.11 Å². The fraction of sp³-hybridized carbons (Fsp3) is 0.556. The van der Waals surface area contributed by atoms with Crippen LogP contribution >= 0.6 is 0 Å². The fourth-order valence-corrected chi connectivity index (χ4v) is 1.00. The Kier molecular flexibility index (Phi) is 4.05. The number of aliphatic hydroxyl groups is 1. The molecule has 0 saturated carbocycles. The van der Waals surface area contributed by atoms with Crippen molar-refractivity contribution >= 4 is 0 Å². The Morgan fingerprint density at radius 3 is 1.90 bits per heavy atom. The highest BCUT2D eigenvalue weighted by Crippen LogP contribution is 2.15. The molecule has 1 heteroatoms. The molecule has 0 bridgehead atoms. The molecule has 0 fully saturated rings. The van der Waals surface area contributed by atoms with Gasteiger partial charge in [0, 0.05) is 6.61 Å². The van der Waals surface area contributed by atoms with Crippen molar-refractivity contribution in [3.8, 4) is 0 Å². The maximum absolute atomic E-state index is 8.66. The van der Waals surface area contributed by atoms with E-state index in [-0.39, 0.29) is 6.61 Å². The highest BCUT2D eigenvalue weighted by Gasteiger charge is 1.98. The van der Waals surface area contributed by atoms with Crippen LogP contribution in [0.3, 0.4) is 0 Å². The van der Waals surface area contributed by atoms with E-state index < -0.39 is 0 Å². The van der Waals surface area contributed by atoms with Crippen molar-refractivity contribution in [1.82, 2.24) is 0 Å². The average Bonchev–Trinajstić information content (AvgIpc) is 1.81. The van der Waals surface area contributed by atoms with E-state index in [1.165, 1.54) is 11.1 Å². The third-order valence-corrected chi connectivity index (χ3v) is 1.48. The van der Waals surface area contributed by atoms with Crippen LogP contribution in [0.2, 0.25) is 0 Å². The van der Waals surface area contributed by atoms with Gasteiger partial charge >= 0.3 is 0 Å². The van der Waals surface area contributed by atoms with Crippen LogP contribution in [0.25, 0.3) is 0 Å². The minimum atomic E-state index is 0.216. The fourth-order valence-electron chi connectivity index (χ4n) is 1.00. The minimum absolute atomic E-state index is 0.216. The number of rotatable bonds is 3. The van der Waals surface area contributed by atoms with Gasteiger partial charge in [-0.2, -0.15) is 0 Å². The molecule has 0 heterocycles. The second kappa shape index (κ2) is 4.29. The largest absolute Gasteiger partial charge is 0.396 e. The lowest BCUT2D eigenvalue weighted by Crippen LogP contribution is -1.91. The quantitative estimate of drug-likeness (QED) is 0.596. The highest BCUT2D eigenvalue weighted by atomic mass is 16.2. The molecule has 0 spiro atoms. The Bertz CT molecular complexity index is 150. The zero-order valence-electron chi connectivity index (χ0n) is 7.07. The first kappa shape index (κ1) is 9.44. The van der Waals surface area contributed by atoms with Gasteiger partial charge in [0.1, 0.15) is 0 Å². The van der Waals surface area contributed by atoms with Gasteiger partial charge in [0.15, 0.2) is 0 Å². The van der Waals surface area contributed by atoms with E-state index in [0.29, 0.717) is 0 Å². The summed E-state index contributed by atoms with van der Waals surface area (Å²) < 4.78 is 0. The Labute approximate surface area is 63.1 Å². The van der Waals surface area contributed by atoms with Crippen molar-refractivity contribution in [2.24, 2.45) is 0 Å². The van der Waals surface area contributed by atoms with E-state index in [0.717, 1.165) is 12.0 Å². The number of aliphatic hydroxyl groups excluding tert-OH is 1. The molecule has 0 aliphatic rings. The summed E-state index contributed by atoms with van der Waals surface area (Å²) in [6.45, 7) is 10.1. The van der Waals surface area contributed by atoms with Gasteiger partial charge in [-0.15, -0.1) is 0 Å². The number of hydrogen-bond donors (Lipinski definition) is 1. The molecule has 0 aliphatic carbocycles. The average molecular weight is 140 g/mol. The minimum Gasteiger partial charge on any atom is -0.396 e. The zero-order valence-corrected chi connectivity index (χ0v) is 7.07. The molecule has 0 aromatic rings. The second-order valence-electron chi connectivity index (χ2n) is 2.73. The topological polar surface area (TPSA) is 20.2 Å². The van der Waals surface area contributed by atoms with E-state index in [1.807, 2.05) is 20.8 Å². The molecule has 0 amide bonds. The second-order valence-corrected chi connectivity index (χ2v) is 2.73. The molecule has 0 aromatic carbocycles. The molecular formula is C9H16O. The molecule has 1 N–H and O–H groups in total. The van der Waals surface area contributed by atoms with Crippen LogP contribution in [0, 0.1) is 0 Å². The van der Waals surface area contributed by atoms with Crippen LogP contribution in [0.1, 0.15) is 27.2 Å². The Balaban J connectivity index is 4.28. The lowest BCUT2D eigenvalue weighted by atomic mass is 10.0. The highest BCUT2D eigenvalue weighted by molar-refractivity contribution is 5.29. The molecule has 0 radical (unpaired) electrons. The standard InChI is InChI=1S/C9H16O/c1-7(2)9(5-6-10)8(3)4/h10H,1,5-6H2,2-4H3. The SMILES string of the molecule is C=C(C)C(CCO)=C(C)C. The van der Waals surface area contributed by atoms with Gasteiger partial charge < -0.3 is 5.11 Å². The zero-order chi connectivity index (χ0) is 8.15. The van der Waals surface area contributed by atoms with E-state index in [9.17, 15) is 0 Å². The van der Waals surface area contributed by atoms with Crippen LogP contribution in [0.5, 0.6) is 0 Å². The predicted octanol–water partition coefficient (Wildman–Crippen LogP) is 2.28. The third kappa shape index (κ3) is 2.83. The van der Waals surface area contributed by atoms with Crippen molar-refractivity contribution in [1.29, 1.82) is 0 Å². The molecule has 0 aliphatic heterocycles. The van der Waals surface area contributed by atoms with Crippen LogP contribution in [0.15, 0.2) is 23.3 Å². The summed E-state index contributed by atoms with van der Waals surface area (Å²) in [4.78, 5) is 0. The summed E-state index contributed by atoms with van der Waals surface area (Å²) in [5.74, 6) is 0. The number of allylic oxidation sites excluding steroid dienone is 2. The molecule has 0 aromatic heterocycles. The lowest BCUT2D eigenvalue weighted by Gasteiger charge is -2.06. The van der Waals surface area contributed by atoms with E-state index >= 15 is 0 Å². The van der Waals surface area contributed by atoms with Crippen molar-refractivity contribution in [2.45, 2.75) is 27.2 Å². The van der Waals surface area contributed by atoms with E-state index in [2.05, 4.69) is 6.58 Å². The maximum Gasteiger partial charge on any atom is 0.0471 e. The Hall–Kier alpha value is -0.560. The van der Waals surface area contributed by atoms with Crippen molar-refractivity contribution in [3.63, 3.8) is 0 Å². The molecule has 0 rings (SSSR count). The summed E-state index contributed by atoms with van der Waals surface area (Å²) in [6.07, 6.45) is 0.734. The summed E-state index contributed by atoms with van der Waals surface area (Å²) >= 11 is 0. The summed E-state index contributed by atoms with van der Waals surface area (Å²) in [7, 11) is 0. The Morgan fingerprint density at radius 2 is 1.80 bits per heavy atom. The molecule has 1 nitrogen and oxygen atoms in total. The molecule has 0 atom stereocenters. The normalized spacial score (nSPS) is 9.20. The van der Waals surface area contributed by atoms with Gasteiger partial charge in [-0.05, 0) is 32.8 Å². The summed E-state index contributed by atoms with van der Waals surface area (Å²) in [6, 6.07) is 0.